The first-order valence-corrected chi connectivity index (χ1v) is 6.19. The van der Waals surface area contributed by atoms with E-state index in [2.05, 4.69) is 31.0 Å². The Morgan fingerprint density at radius 1 is 1.47 bits per heavy atom. The average molecular weight is 214 g/mol. The summed E-state index contributed by atoms with van der Waals surface area (Å²) in [5.74, 6) is 0. The molecule has 1 rings (SSSR count). The summed E-state index contributed by atoms with van der Waals surface area (Å²) in [4.78, 5) is 2.56. The van der Waals surface area contributed by atoms with Crippen LogP contribution in [0.2, 0.25) is 0 Å². The lowest BCUT2D eigenvalue weighted by molar-refractivity contribution is 0.115. The molecule has 0 bridgehead atoms. The van der Waals surface area contributed by atoms with E-state index in [1.807, 2.05) is 0 Å². The van der Waals surface area contributed by atoms with Gasteiger partial charge in [-0.25, -0.2) is 0 Å². The molecule has 0 aromatic rings. The molecular weight excluding hydrogens is 188 g/mol. The number of nitrogens with zero attached hydrogens (tertiary/aromatic N) is 1. The second-order valence-corrected chi connectivity index (χ2v) is 5.17. The van der Waals surface area contributed by atoms with Crippen LogP contribution in [0.1, 0.15) is 40.0 Å². The first kappa shape index (κ1) is 12.9. The van der Waals surface area contributed by atoms with Crippen molar-refractivity contribution in [2.45, 2.75) is 51.6 Å². The normalized spacial score (nSPS) is 27.6. The highest BCUT2D eigenvalue weighted by atomic mass is 16.3. The van der Waals surface area contributed by atoms with E-state index >= 15 is 0 Å². The summed E-state index contributed by atoms with van der Waals surface area (Å²) >= 11 is 0. The second kappa shape index (κ2) is 5.83. The van der Waals surface area contributed by atoms with Crippen LogP contribution < -0.4 is 5.32 Å². The van der Waals surface area contributed by atoms with Crippen molar-refractivity contribution >= 4 is 0 Å². The van der Waals surface area contributed by atoms with Gasteiger partial charge in [0, 0.05) is 24.7 Å². The fraction of sp³-hybridized carbons (Fsp3) is 1.00. The Morgan fingerprint density at radius 2 is 2.20 bits per heavy atom. The van der Waals surface area contributed by atoms with Crippen molar-refractivity contribution in [3.05, 3.63) is 0 Å². The van der Waals surface area contributed by atoms with E-state index in [1.54, 1.807) is 0 Å². The Balaban J connectivity index is 2.59. The Bertz CT molecular complexity index is 182. The second-order valence-electron chi connectivity index (χ2n) is 5.17. The summed E-state index contributed by atoms with van der Waals surface area (Å²) in [6, 6.07) is 0.461. The van der Waals surface area contributed by atoms with E-state index < -0.39 is 0 Å². The molecule has 1 aliphatic heterocycles. The number of hydrogen-bond donors (Lipinski definition) is 2. The quantitative estimate of drug-likeness (QED) is 0.738. The van der Waals surface area contributed by atoms with Crippen molar-refractivity contribution in [3.63, 3.8) is 0 Å². The van der Waals surface area contributed by atoms with Gasteiger partial charge >= 0.3 is 0 Å². The number of rotatable bonds is 4. The van der Waals surface area contributed by atoms with Crippen molar-refractivity contribution in [1.29, 1.82) is 0 Å². The minimum absolute atomic E-state index is 0.290. The summed E-state index contributed by atoms with van der Waals surface area (Å²) in [6.45, 7) is 10.5. The van der Waals surface area contributed by atoms with E-state index in [4.69, 9.17) is 5.11 Å². The van der Waals surface area contributed by atoms with Crippen LogP contribution in [0.4, 0.5) is 0 Å². The molecule has 1 aliphatic rings. The minimum Gasteiger partial charge on any atom is -0.396 e. The molecular formula is C12H26N2O. The summed E-state index contributed by atoms with van der Waals surface area (Å²) < 4.78 is 0. The predicted molar refractivity (Wildman–Crippen MR) is 64.1 cm³/mol. The SMILES string of the molecule is CCCN1CC(CCO)NCCC1(C)C. The third-order valence-electron chi connectivity index (χ3n) is 3.44. The summed E-state index contributed by atoms with van der Waals surface area (Å²) in [5, 5.41) is 12.5. The van der Waals surface area contributed by atoms with Gasteiger partial charge in [0.2, 0.25) is 0 Å². The lowest BCUT2D eigenvalue weighted by Crippen LogP contribution is -2.47. The predicted octanol–water partition coefficient (Wildman–Crippen LogP) is 1.22. The lowest BCUT2D eigenvalue weighted by atomic mass is 9.98. The van der Waals surface area contributed by atoms with Gasteiger partial charge in [0.1, 0.15) is 0 Å². The van der Waals surface area contributed by atoms with E-state index in [0.717, 1.165) is 26.1 Å². The van der Waals surface area contributed by atoms with Crippen molar-refractivity contribution in [3.8, 4) is 0 Å². The van der Waals surface area contributed by atoms with Gasteiger partial charge in [-0.2, -0.15) is 0 Å². The average Bonchev–Trinajstić information content (AvgIpc) is 2.28. The Kier molecular flexibility index (Phi) is 5.03. The molecule has 0 saturated carbocycles. The number of aliphatic hydroxyl groups excluding tert-OH is 1. The zero-order chi connectivity index (χ0) is 11.3. The van der Waals surface area contributed by atoms with Gasteiger partial charge in [0.25, 0.3) is 0 Å². The number of hydrogen-bond acceptors (Lipinski definition) is 3. The van der Waals surface area contributed by atoms with Crippen molar-refractivity contribution < 1.29 is 5.11 Å². The van der Waals surface area contributed by atoms with Gasteiger partial charge in [0.05, 0.1) is 0 Å². The van der Waals surface area contributed by atoms with Crippen LogP contribution in [0.15, 0.2) is 0 Å². The molecule has 0 amide bonds. The summed E-state index contributed by atoms with van der Waals surface area (Å²) in [5.41, 5.74) is 0.299. The van der Waals surface area contributed by atoms with E-state index in [0.29, 0.717) is 11.6 Å². The van der Waals surface area contributed by atoms with E-state index in [9.17, 15) is 0 Å². The fourth-order valence-corrected chi connectivity index (χ4v) is 2.33. The molecule has 0 aliphatic carbocycles. The first-order valence-electron chi connectivity index (χ1n) is 6.19. The molecule has 2 N–H and O–H groups in total. The lowest BCUT2D eigenvalue weighted by Gasteiger charge is -2.37. The molecule has 3 heteroatoms. The summed E-state index contributed by atoms with van der Waals surface area (Å²) in [7, 11) is 0. The largest absolute Gasteiger partial charge is 0.396 e. The first-order chi connectivity index (χ1) is 7.10. The van der Waals surface area contributed by atoms with Gasteiger partial charge in [-0.05, 0) is 46.2 Å². The van der Waals surface area contributed by atoms with Crippen LogP contribution in [-0.4, -0.2) is 47.8 Å². The van der Waals surface area contributed by atoms with Crippen LogP contribution in [0.5, 0.6) is 0 Å². The Morgan fingerprint density at radius 3 is 2.80 bits per heavy atom. The molecule has 1 atom stereocenters. The maximum Gasteiger partial charge on any atom is 0.0446 e. The smallest absolute Gasteiger partial charge is 0.0446 e. The van der Waals surface area contributed by atoms with Gasteiger partial charge in [-0.3, -0.25) is 4.90 Å². The maximum atomic E-state index is 9.00. The number of aliphatic hydroxyl groups is 1. The van der Waals surface area contributed by atoms with Crippen LogP contribution >= 0.6 is 0 Å². The molecule has 0 radical (unpaired) electrons. The highest BCUT2D eigenvalue weighted by Crippen LogP contribution is 2.22. The molecule has 0 aromatic heterocycles. The molecule has 1 fully saturated rings. The third kappa shape index (κ3) is 3.74. The molecule has 1 unspecified atom stereocenters. The van der Waals surface area contributed by atoms with Gasteiger partial charge in [-0.15, -0.1) is 0 Å². The zero-order valence-electron chi connectivity index (χ0n) is 10.4. The van der Waals surface area contributed by atoms with Crippen LogP contribution in [0, 0.1) is 0 Å². The van der Waals surface area contributed by atoms with Crippen molar-refractivity contribution in [1.82, 2.24) is 10.2 Å². The van der Waals surface area contributed by atoms with Crippen molar-refractivity contribution in [2.24, 2.45) is 0 Å². The molecule has 3 nitrogen and oxygen atoms in total. The minimum atomic E-state index is 0.290. The molecule has 1 heterocycles. The van der Waals surface area contributed by atoms with Gasteiger partial charge < -0.3 is 10.4 Å². The Labute approximate surface area is 93.9 Å². The topological polar surface area (TPSA) is 35.5 Å². The monoisotopic (exact) mass is 214 g/mol. The molecule has 0 spiro atoms. The maximum absolute atomic E-state index is 9.00. The molecule has 15 heavy (non-hydrogen) atoms. The highest BCUT2D eigenvalue weighted by molar-refractivity contribution is 4.89. The third-order valence-corrected chi connectivity index (χ3v) is 3.44. The molecule has 0 aromatic carbocycles. The van der Waals surface area contributed by atoms with Crippen LogP contribution in [-0.2, 0) is 0 Å². The standard InChI is InChI=1S/C12H26N2O/c1-4-8-14-10-11(5-9-15)13-7-6-12(14,2)3/h11,13,15H,4-10H2,1-3H3. The summed E-state index contributed by atoms with van der Waals surface area (Å²) in [6.07, 6.45) is 3.26. The van der Waals surface area contributed by atoms with Crippen molar-refractivity contribution in [2.75, 3.05) is 26.2 Å². The zero-order valence-corrected chi connectivity index (χ0v) is 10.4. The van der Waals surface area contributed by atoms with E-state index in [1.165, 1.54) is 12.8 Å². The highest BCUT2D eigenvalue weighted by Gasteiger charge is 2.30. The van der Waals surface area contributed by atoms with E-state index in [-0.39, 0.29) is 6.61 Å². The van der Waals surface area contributed by atoms with Gasteiger partial charge in [0.15, 0.2) is 0 Å². The van der Waals surface area contributed by atoms with Crippen LogP contribution in [0.25, 0.3) is 0 Å². The van der Waals surface area contributed by atoms with Gasteiger partial charge in [-0.1, -0.05) is 6.92 Å². The molecule has 90 valence electrons. The Hall–Kier alpha value is -0.120. The number of nitrogens with one attached hydrogen (secondary N) is 1. The molecule has 1 saturated heterocycles. The van der Waals surface area contributed by atoms with Crippen LogP contribution in [0.3, 0.4) is 0 Å². The fourth-order valence-electron chi connectivity index (χ4n) is 2.33.